The summed E-state index contributed by atoms with van der Waals surface area (Å²) in [6.45, 7) is 4.10. The summed E-state index contributed by atoms with van der Waals surface area (Å²) in [4.78, 5) is 12.8. The van der Waals surface area contributed by atoms with Crippen molar-refractivity contribution in [1.29, 1.82) is 0 Å². The average Bonchev–Trinajstić information content (AvgIpc) is 2.56. The zero-order valence-corrected chi connectivity index (χ0v) is 9.78. The molecule has 0 aliphatic heterocycles. The fraction of sp³-hybridized carbons (Fsp3) is 0.308. The molecule has 0 spiro atoms. The molecule has 0 N–H and O–H groups in total. The van der Waals surface area contributed by atoms with Crippen LogP contribution in [0.4, 0.5) is 0 Å². The molecule has 0 saturated heterocycles. The number of furan rings is 1. The van der Waals surface area contributed by atoms with Crippen LogP contribution in [-0.2, 0) is 11.3 Å². The van der Waals surface area contributed by atoms with Crippen LogP contribution in [0.5, 0.6) is 0 Å². The lowest BCUT2D eigenvalue weighted by Crippen LogP contribution is -2.23. The second kappa shape index (κ2) is 4.00. The summed E-state index contributed by atoms with van der Waals surface area (Å²) in [5.74, 6) is 0.902. The summed E-state index contributed by atoms with van der Waals surface area (Å²) in [6, 6.07) is 7.91. The number of hydrogen-bond acceptors (Lipinski definition) is 2. The summed E-state index contributed by atoms with van der Waals surface area (Å²) in [5.41, 5.74) is 2.00. The standard InChI is InChI=1S/C13H15NO2/c1-9-11-6-4-5-7-12(11)16-13(9)8-14(3)10(2)15/h4-7H,8H2,1-3H3. The van der Waals surface area contributed by atoms with E-state index >= 15 is 0 Å². The first-order chi connectivity index (χ1) is 7.59. The number of para-hydroxylation sites is 1. The van der Waals surface area contributed by atoms with Gasteiger partial charge in [0.25, 0.3) is 0 Å². The molecule has 3 nitrogen and oxygen atoms in total. The first kappa shape index (κ1) is 10.7. The van der Waals surface area contributed by atoms with Gasteiger partial charge in [0, 0.05) is 24.9 Å². The monoisotopic (exact) mass is 217 g/mol. The third-order valence-corrected chi connectivity index (χ3v) is 2.86. The van der Waals surface area contributed by atoms with Gasteiger partial charge in [-0.05, 0) is 13.0 Å². The fourth-order valence-corrected chi connectivity index (χ4v) is 1.70. The van der Waals surface area contributed by atoms with Gasteiger partial charge in [-0.15, -0.1) is 0 Å². The van der Waals surface area contributed by atoms with E-state index in [9.17, 15) is 4.79 Å². The summed E-state index contributed by atoms with van der Waals surface area (Å²) in [7, 11) is 1.77. The molecule has 84 valence electrons. The van der Waals surface area contributed by atoms with Gasteiger partial charge in [-0.3, -0.25) is 4.79 Å². The molecular formula is C13H15NO2. The molecule has 3 heteroatoms. The quantitative estimate of drug-likeness (QED) is 0.775. The first-order valence-electron chi connectivity index (χ1n) is 5.28. The predicted octanol–water partition coefficient (Wildman–Crippen LogP) is 2.72. The Morgan fingerprint density at radius 1 is 1.38 bits per heavy atom. The zero-order valence-electron chi connectivity index (χ0n) is 9.78. The van der Waals surface area contributed by atoms with Crippen LogP contribution >= 0.6 is 0 Å². The van der Waals surface area contributed by atoms with Crippen molar-refractivity contribution in [2.24, 2.45) is 0 Å². The number of rotatable bonds is 2. The summed E-state index contributed by atoms with van der Waals surface area (Å²) in [5, 5.41) is 1.12. The van der Waals surface area contributed by atoms with Gasteiger partial charge in [-0.25, -0.2) is 0 Å². The maximum absolute atomic E-state index is 11.2. The normalized spacial score (nSPS) is 10.7. The number of nitrogens with zero attached hydrogens (tertiary/aromatic N) is 1. The third-order valence-electron chi connectivity index (χ3n) is 2.86. The molecule has 0 atom stereocenters. The van der Waals surface area contributed by atoms with Crippen molar-refractivity contribution in [2.75, 3.05) is 7.05 Å². The largest absolute Gasteiger partial charge is 0.459 e. The molecule has 0 bridgehead atoms. The lowest BCUT2D eigenvalue weighted by atomic mass is 10.1. The van der Waals surface area contributed by atoms with Crippen LogP contribution in [-0.4, -0.2) is 17.9 Å². The van der Waals surface area contributed by atoms with Crippen LogP contribution in [0, 0.1) is 6.92 Å². The Morgan fingerprint density at radius 3 is 2.69 bits per heavy atom. The molecular weight excluding hydrogens is 202 g/mol. The minimum atomic E-state index is 0.0415. The van der Waals surface area contributed by atoms with Crippen molar-refractivity contribution in [1.82, 2.24) is 4.90 Å². The van der Waals surface area contributed by atoms with E-state index in [0.717, 1.165) is 22.3 Å². The molecule has 1 heterocycles. The molecule has 1 aromatic carbocycles. The summed E-state index contributed by atoms with van der Waals surface area (Å²) >= 11 is 0. The Morgan fingerprint density at radius 2 is 2.06 bits per heavy atom. The second-order valence-electron chi connectivity index (χ2n) is 4.02. The van der Waals surface area contributed by atoms with Gasteiger partial charge in [0.1, 0.15) is 11.3 Å². The Balaban J connectivity index is 2.38. The highest BCUT2D eigenvalue weighted by atomic mass is 16.3. The van der Waals surface area contributed by atoms with Crippen LogP contribution in [0.3, 0.4) is 0 Å². The number of fused-ring (bicyclic) bond motifs is 1. The minimum Gasteiger partial charge on any atom is -0.459 e. The molecule has 0 fully saturated rings. The van der Waals surface area contributed by atoms with Crippen molar-refractivity contribution in [3.8, 4) is 0 Å². The number of amides is 1. The molecule has 1 aromatic heterocycles. The van der Waals surface area contributed by atoms with E-state index in [2.05, 4.69) is 0 Å². The van der Waals surface area contributed by atoms with E-state index in [0.29, 0.717) is 6.54 Å². The van der Waals surface area contributed by atoms with Crippen LogP contribution < -0.4 is 0 Å². The molecule has 0 saturated carbocycles. The van der Waals surface area contributed by atoms with Crippen molar-refractivity contribution < 1.29 is 9.21 Å². The van der Waals surface area contributed by atoms with Crippen molar-refractivity contribution in [3.63, 3.8) is 0 Å². The van der Waals surface area contributed by atoms with Gasteiger partial charge in [0.2, 0.25) is 5.91 Å². The van der Waals surface area contributed by atoms with E-state index in [1.807, 2.05) is 31.2 Å². The number of aryl methyl sites for hydroxylation is 1. The first-order valence-corrected chi connectivity index (χ1v) is 5.28. The Labute approximate surface area is 94.7 Å². The molecule has 0 aliphatic rings. The van der Waals surface area contributed by atoms with Gasteiger partial charge in [0.05, 0.1) is 6.54 Å². The van der Waals surface area contributed by atoms with E-state index in [-0.39, 0.29) is 5.91 Å². The lowest BCUT2D eigenvalue weighted by molar-refractivity contribution is -0.128. The zero-order chi connectivity index (χ0) is 11.7. The Kier molecular flexibility index (Phi) is 2.69. The Bertz CT molecular complexity index is 528. The fourth-order valence-electron chi connectivity index (χ4n) is 1.70. The van der Waals surface area contributed by atoms with Crippen LogP contribution in [0.1, 0.15) is 18.2 Å². The maximum atomic E-state index is 11.2. The van der Waals surface area contributed by atoms with Gasteiger partial charge >= 0.3 is 0 Å². The molecule has 0 unspecified atom stereocenters. The smallest absolute Gasteiger partial charge is 0.219 e. The van der Waals surface area contributed by atoms with Gasteiger partial charge in [-0.1, -0.05) is 18.2 Å². The maximum Gasteiger partial charge on any atom is 0.219 e. The minimum absolute atomic E-state index is 0.0415. The van der Waals surface area contributed by atoms with Gasteiger partial charge in [-0.2, -0.15) is 0 Å². The molecule has 1 amide bonds. The molecule has 2 rings (SSSR count). The van der Waals surface area contributed by atoms with Crippen molar-refractivity contribution in [3.05, 3.63) is 35.6 Å². The molecule has 0 aliphatic carbocycles. The number of carbonyl (C=O) groups excluding carboxylic acids is 1. The van der Waals surface area contributed by atoms with Crippen LogP contribution in [0.2, 0.25) is 0 Å². The van der Waals surface area contributed by atoms with Crippen LogP contribution in [0.25, 0.3) is 11.0 Å². The van der Waals surface area contributed by atoms with E-state index in [1.54, 1.807) is 18.9 Å². The topological polar surface area (TPSA) is 33.5 Å². The Hall–Kier alpha value is -1.77. The van der Waals surface area contributed by atoms with E-state index in [4.69, 9.17) is 4.42 Å². The molecule has 16 heavy (non-hydrogen) atoms. The second-order valence-corrected chi connectivity index (χ2v) is 4.02. The number of hydrogen-bond donors (Lipinski definition) is 0. The third kappa shape index (κ3) is 1.81. The average molecular weight is 217 g/mol. The highest BCUT2D eigenvalue weighted by Crippen LogP contribution is 2.25. The number of carbonyl (C=O) groups is 1. The van der Waals surface area contributed by atoms with E-state index in [1.165, 1.54) is 0 Å². The highest BCUT2D eigenvalue weighted by Gasteiger charge is 2.12. The summed E-state index contributed by atoms with van der Waals surface area (Å²) < 4.78 is 5.73. The van der Waals surface area contributed by atoms with Crippen molar-refractivity contribution in [2.45, 2.75) is 20.4 Å². The number of benzene rings is 1. The van der Waals surface area contributed by atoms with E-state index < -0.39 is 0 Å². The van der Waals surface area contributed by atoms with Crippen molar-refractivity contribution >= 4 is 16.9 Å². The predicted molar refractivity (Wildman–Crippen MR) is 63.1 cm³/mol. The molecule has 2 aromatic rings. The highest BCUT2D eigenvalue weighted by molar-refractivity contribution is 5.82. The van der Waals surface area contributed by atoms with Crippen LogP contribution in [0.15, 0.2) is 28.7 Å². The SMILES string of the molecule is CC(=O)N(C)Cc1oc2ccccc2c1C. The lowest BCUT2D eigenvalue weighted by Gasteiger charge is -2.12. The summed E-state index contributed by atoms with van der Waals surface area (Å²) in [6.07, 6.45) is 0. The van der Waals surface area contributed by atoms with Gasteiger partial charge < -0.3 is 9.32 Å². The van der Waals surface area contributed by atoms with Gasteiger partial charge in [0.15, 0.2) is 0 Å². The molecule has 0 radical (unpaired) electrons.